The summed E-state index contributed by atoms with van der Waals surface area (Å²) in [6.45, 7) is 2.05. The number of aryl methyl sites for hydroxylation is 1. The van der Waals surface area contributed by atoms with Crippen molar-refractivity contribution in [3.8, 4) is 22.6 Å². The first-order valence-corrected chi connectivity index (χ1v) is 7.19. The molecule has 0 unspecified atom stereocenters. The highest BCUT2D eigenvalue weighted by molar-refractivity contribution is 7.19. The summed E-state index contributed by atoms with van der Waals surface area (Å²) in [6.07, 6.45) is 1.49. The summed E-state index contributed by atoms with van der Waals surface area (Å²) >= 11 is 1.61. The Morgan fingerprint density at radius 1 is 1.10 bits per heavy atom. The molecule has 108 valence electrons. The van der Waals surface area contributed by atoms with E-state index in [2.05, 4.69) is 16.9 Å². The smallest absolute Gasteiger partial charge is 0.161 e. The average Bonchev–Trinajstić information content (AvgIpc) is 2.84. The van der Waals surface area contributed by atoms with Crippen molar-refractivity contribution in [1.82, 2.24) is 9.97 Å². The second-order valence-corrected chi connectivity index (χ2v) is 5.75. The molecule has 0 aliphatic rings. The van der Waals surface area contributed by atoms with Crippen LogP contribution in [-0.2, 0) is 0 Å². The Morgan fingerprint density at radius 3 is 2.57 bits per heavy atom. The van der Waals surface area contributed by atoms with E-state index in [1.807, 2.05) is 18.2 Å². The van der Waals surface area contributed by atoms with E-state index in [0.717, 1.165) is 26.2 Å². The van der Waals surface area contributed by atoms with Gasteiger partial charge in [-0.3, -0.25) is 0 Å². The molecule has 2 aromatic heterocycles. The Kier molecular flexibility index (Phi) is 3.39. The molecule has 0 atom stereocenters. The van der Waals surface area contributed by atoms with E-state index in [4.69, 9.17) is 15.2 Å². The van der Waals surface area contributed by atoms with E-state index in [1.165, 1.54) is 6.33 Å². The first-order valence-electron chi connectivity index (χ1n) is 6.37. The van der Waals surface area contributed by atoms with Gasteiger partial charge >= 0.3 is 0 Å². The highest BCUT2D eigenvalue weighted by atomic mass is 32.1. The lowest BCUT2D eigenvalue weighted by Gasteiger charge is -2.10. The number of anilines is 1. The van der Waals surface area contributed by atoms with Crippen molar-refractivity contribution in [1.29, 1.82) is 0 Å². The number of hydrogen-bond acceptors (Lipinski definition) is 6. The SMILES string of the molecule is COc1ccc(-c2c(C)sc3ncnc(N)c23)cc1OC. The number of nitrogens with zero attached hydrogens (tertiary/aromatic N) is 2. The van der Waals surface area contributed by atoms with Crippen molar-refractivity contribution in [2.24, 2.45) is 0 Å². The molecule has 0 bridgehead atoms. The van der Waals surface area contributed by atoms with Crippen LogP contribution in [0.1, 0.15) is 4.88 Å². The molecule has 2 N–H and O–H groups in total. The van der Waals surface area contributed by atoms with Crippen molar-refractivity contribution in [2.45, 2.75) is 6.92 Å². The predicted octanol–water partition coefficient (Wildman–Crippen LogP) is 3.27. The number of ether oxygens (including phenoxy) is 2. The number of nitrogen functional groups attached to an aromatic ring is 1. The van der Waals surface area contributed by atoms with Gasteiger partial charge in [-0.25, -0.2) is 9.97 Å². The molecular weight excluding hydrogens is 286 g/mol. The second kappa shape index (κ2) is 5.21. The number of benzene rings is 1. The van der Waals surface area contributed by atoms with E-state index in [-0.39, 0.29) is 0 Å². The monoisotopic (exact) mass is 301 g/mol. The van der Waals surface area contributed by atoms with Gasteiger partial charge in [-0.15, -0.1) is 11.3 Å². The molecule has 1 aromatic carbocycles. The molecule has 0 aliphatic carbocycles. The fourth-order valence-electron chi connectivity index (χ4n) is 2.41. The van der Waals surface area contributed by atoms with Gasteiger partial charge in [0.1, 0.15) is 17.0 Å². The molecule has 0 amide bonds. The standard InChI is InChI=1S/C15H15N3O2S/c1-8-12(13-14(16)17-7-18-15(13)21-8)9-4-5-10(19-2)11(6-9)20-3/h4-7H,1-3H3,(H2,16,17,18). The third kappa shape index (κ3) is 2.17. The first-order chi connectivity index (χ1) is 10.2. The van der Waals surface area contributed by atoms with Crippen molar-refractivity contribution in [2.75, 3.05) is 20.0 Å². The number of aromatic nitrogens is 2. The topological polar surface area (TPSA) is 70.3 Å². The van der Waals surface area contributed by atoms with Crippen molar-refractivity contribution >= 4 is 27.4 Å². The van der Waals surface area contributed by atoms with Crippen LogP contribution in [0.2, 0.25) is 0 Å². The summed E-state index contributed by atoms with van der Waals surface area (Å²) in [4.78, 5) is 10.4. The number of nitrogens with two attached hydrogens (primary N) is 1. The lowest BCUT2D eigenvalue weighted by Crippen LogP contribution is -1.93. The molecule has 5 nitrogen and oxygen atoms in total. The zero-order valence-corrected chi connectivity index (χ0v) is 12.8. The summed E-state index contributed by atoms with van der Waals surface area (Å²) in [5, 5.41) is 0.896. The normalized spacial score (nSPS) is 10.8. The predicted molar refractivity (Wildman–Crippen MR) is 85.1 cm³/mol. The number of fused-ring (bicyclic) bond motifs is 1. The fraction of sp³-hybridized carbons (Fsp3) is 0.200. The van der Waals surface area contributed by atoms with Gasteiger partial charge < -0.3 is 15.2 Å². The van der Waals surface area contributed by atoms with E-state index in [1.54, 1.807) is 25.6 Å². The van der Waals surface area contributed by atoms with Gasteiger partial charge in [0, 0.05) is 10.4 Å². The number of thiophene rings is 1. The summed E-state index contributed by atoms with van der Waals surface area (Å²) in [5.41, 5.74) is 8.10. The molecule has 0 fully saturated rings. The largest absolute Gasteiger partial charge is 0.493 e. The molecule has 6 heteroatoms. The van der Waals surface area contributed by atoms with Gasteiger partial charge in [-0.1, -0.05) is 6.07 Å². The van der Waals surface area contributed by atoms with Crippen LogP contribution in [0.5, 0.6) is 11.5 Å². The van der Waals surface area contributed by atoms with Gasteiger partial charge in [0.25, 0.3) is 0 Å². The van der Waals surface area contributed by atoms with Gasteiger partial charge in [0.05, 0.1) is 19.6 Å². The second-order valence-electron chi connectivity index (χ2n) is 4.54. The summed E-state index contributed by atoms with van der Waals surface area (Å²) in [5.74, 6) is 1.88. The van der Waals surface area contributed by atoms with Crippen LogP contribution >= 0.6 is 11.3 Å². The van der Waals surface area contributed by atoms with Crippen LogP contribution in [0.25, 0.3) is 21.3 Å². The average molecular weight is 301 g/mol. The summed E-state index contributed by atoms with van der Waals surface area (Å²) in [6, 6.07) is 5.82. The zero-order valence-electron chi connectivity index (χ0n) is 12.0. The Labute approximate surface area is 126 Å². The Balaban J connectivity index is 2.28. The van der Waals surface area contributed by atoms with Gasteiger partial charge in [0.2, 0.25) is 0 Å². The molecule has 0 saturated carbocycles. The number of rotatable bonds is 3. The highest BCUT2D eigenvalue weighted by Crippen LogP contribution is 2.41. The molecule has 21 heavy (non-hydrogen) atoms. The summed E-state index contributed by atoms with van der Waals surface area (Å²) in [7, 11) is 3.24. The van der Waals surface area contributed by atoms with Crippen LogP contribution < -0.4 is 15.2 Å². The van der Waals surface area contributed by atoms with Crippen LogP contribution in [-0.4, -0.2) is 24.2 Å². The molecule has 2 heterocycles. The van der Waals surface area contributed by atoms with Crippen molar-refractivity contribution < 1.29 is 9.47 Å². The maximum Gasteiger partial charge on any atom is 0.161 e. The lowest BCUT2D eigenvalue weighted by atomic mass is 10.0. The zero-order chi connectivity index (χ0) is 15.0. The van der Waals surface area contributed by atoms with E-state index < -0.39 is 0 Å². The first kappa shape index (κ1) is 13.6. The minimum absolute atomic E-state index is 0.495. The highest BCUT2D eigenvalue weighted by Gasteiger charge is 2.16. The summed E-state index contributed by atoms with van der Waals surface area (Å²) < 4.78 is 10.7. The van der Waals surface area contributed by atoms with Gasteiger partial charge in [-0.05, 0) is 24.6 Å². The molecule has 0 saturated heterocycles. The van der Waals surface area contributed by atoms with Crippen LogP contribution in [0, 0.1) is 6.92 Å². The third-order valence-electron chi connectivity index (χ3n) is 3.37. The molecular formula is C15H15N3O2S. The van der Waals surface area contributed by atoms with Crippen LogP contribution in [0.15, 0.2) is 24.5 Å². The maximum atomic E-state index is 6.03. The fourth-order valence-corrected chi connectivity index (χ4v) is 3.43. The van der Waals surface area contributed by atoms with E-state index >= 15 is 0 Å². The minimum atomic E-state index is 0.495. The minimum Gasteiger partial charge on any atom is -0.493 e. The van der Waals surface area contributed by atoms with Crippen LogP contribution in [0.4, 0.5) is 5.82 Å². The van der Waals surface area contributed by atoms with Gasteiger partial charge in [0.15, 0.2) is 11.5 Å². The van der Waals surface area contributed by atoms with Gasteiger partial charge in [-0.2, -0.15) is 0 Å². The van der Waals surface area contributed by atoms with E-state index in [0.29, 0.717) is 17.3 Å². The Bertz CT molecular complexity index is 814. The number of hydrogen-bond donors (Lipinski definition) is 1. The molecule has 0 spiro atoms. The molecule has 0 radical (unpaired) electrons. The molecule has 0 aliphatic heterocycles. The maximum absolute atomic E-state index is 6.03. The quantitative estimate of drug-likeness (QED) is 0.804. The van der Waals surface area contributed by atoms with Crippen molar-refractivity contribution in [3.05, 3.63) is 29.4 Å². The van der Waals surface area contributed by atoms with Crippen LogP contribution in [0.3, 0.4) is 0 Å². The Morgan fingerprint density at radius 2 is 1.86 bits per heavy atom. The lowest BCUT2D eigenvalue weighted by molar-refractivity contribution is 0.355. The van der Waals surface area contributed by atoms with Crippen molar-refractivity contribution in [3.63, 3.8) is 0 Å². The Hall–Kier alpha value is -2.34. The third-order valence-corrected chi connectivity index (χ3v) is 4.38. The number of methoxy groups -OCH3 is 2. The molecule has 3 aromatic rings. The molecule has 3 rings (SSSR count). The van der Waals surface area contributed by atoms with E-state index in [9.17, 15) is 0 Å².